The lowest BCUT2D eigenvalue weighted by Gasteiger charge is -2.12. The zero-order valence-electron chi connectivity index (χ0n) is 7.33. The molecule has 0 aliphatic heterocycles. The lowest BCUT2D eigenvalue weighted by atomic mass is 10.1. The molecule has 84 valence electrons. The van der Waals surface area contributed by atoms with Crippen LogP contribution in [-0.2, 0) is 0 Å². The van der Waals surface area contributed by atoms with Crippen molar-refractivity contribution in [2.24, 2.45) is 11.5 Å². The number of nitrogens with two attached hydrogens (primary N) is 2. The van der Waals surface area contributed by atoms with Crippen LogP contribution >= 0.6 is 0 Å². The van der Waals surface area contributed by atoms with E-state index in [4.69, 9.17) is 11.5 Å². The quantitative estimate of drug-likeness (QED) is 0.454. The highest BCUT2D eigenvalue weighted by Gasteiger charge is 2.28. The average molecular weight is 226 g/mol. The number of hydrogen-bond acceptors (Lipinski definition) is 2. The van der Waals surface area contributed by atoms with Crippen LogP contribution in [0, 0.1) is 29.1 Å². The van der Waals surface area contributed by atoms with Crippen LogP contribution in [0.2, 0.25) is 0 Å². The van der Waals surface area contributed by atoms with Gasteiger partial charge in [0.1, 0.15) is 0 Å². The number of halogens is 5. The molecule has 0 bridgehead atoms. The summed E-state index contributed by atoms with van der Waals surface area (Å²) < 4.78 is 63.8. The first-order valence-electron chi connectivity index (χ1n) is 3.88. The summed E-state index contributed by atoms with van der Waals surface area (Å²) in [5.74, 6) is -10.1. The van der Waals surface area contributed by atoms with Gasteiger partial charge in [-0.2, -0.15) is 0 Å². The predicted octanol–water partition coefficient (Wildman–Crippen LogP) is 1.34. The third-order valence-corrected chi connectivity index (χ3v) is 1.87. The van der Waals surface area contributed by atoms with Crippen LogP contribution in [0.3, 0.4) is 0 Å². The molecule has 0 radical (unpaired) electrons. The summed E-state index contributed by atoms with van der Waals surface area (Å²) in [7, 11) is 0. The van der Waals surface area contributed by atoms with Gasteiger partial charge in [0.05, 0.1) is 0 Å². The van der Waals surface area contributed by atoms with Gasteiger partial charge in [-0.15, -0.1) is 0 Å². The fraction of sp³-hybridized carbons (Fsp3) is 0.250. The minimum atomic E-state index is -2.21. The highest BCUT2D eigenvalue weighted by molar-refractivity contribution is 5.26. The molecule has 15 heavy (non-hydrogen) atoms. The minimum Gasteiger partial charge on any atom is -0.329 e. The summed E-state index contributed by atoms with van der Waals surface area (Å²) in [4.78, 5) is 0. The maximum absolute atomic E-state index is 13.0. The third kappa shape index (κ3) is 1.80. The van der Waals surface area contributed by atoms with Gasteiger partial charge in [-0.25, -0.2) is 22.0 Å². The van der Waals surface area contributed by atoms with Crippen LogP contribution in [0.1, 0.15) is 11.6 Å². The molecular formula is C8H7F5N2. The van der Waals surface area contributed by atoms with Gasteiger partial charge in [-0.05, 0) is 0 Å². The topological polar surface area (TPSA) is 52.0 Å². The Hall–Kier alpha value is -1.21. The van der Waals surface area contributed by atoms with E-state index in [0.717, 1.165) is 0 Å². The SMILES string of the molecule is NC[C@H](N)c1c(F)c(F)c(F)c(F)c1F. The zero-order chi connectivity index (χ0) is 11.7. The van der Waals surface area contributed by atoms with E-state index in [1.54, 1.807) is 0 Å². The Morgan fingerprint density at radius 2 is 1.13 bits per heavy atom. The standard InChI is InChI=1S/C8H7F5N2/c9-4-3(2(15)1-14)5(10)7(12)8(13)6(4)11/h2H,1,14-15H2/t2-/m0/s1. The molecule has 0 fully saturated rings. The first kappa shape index (κ1) is 11.9. The van der Waals surface area contributed by atoms with Crippen LogP contribution in [0.25, 0.3) is 0 Å². The van der Waals surface area contributed by atoms with Crippen molar-refractivity contribution < 1.29 is 22.0 Å². The largest absolute Gasteiger partial charge is 0.329 e. The molecule has 1 aromatic rings. The van der Waals surface area contributed by atoms with Crippen molar-refractivity contribution in [2.75, 3.05) is 6.54 Å². The maximum atomic E-state index is 13.0. The maximum Gasteiger partial charge on any atom is 0.200 e. The molecule has 1 atom stereocenters. The van der Waals surface area contributed by atoms with Crippen molar-refractivity contribution in [1.82, 2.24) is 0 Å². The van der Waals surface area contributed by atoms with Crippen LogP contribution in [0.4, 0.5) is 22.0 Å². The Morgan fingerprint density at radius 1 is 0.800 bits per heavy atom. The molecule has 0 aliphatic rings. The molecule has 0 aliphatic carbocycles. The van der Waals surface area contributed by atoms with Gasteiger partial charge in [-0.3, -0.25) is 0 Å². The second kappa shape index (κ2) is 4.11. The lowest BCUT2D eigenvalue weighted by molar-refractivity contribution is 0.364. The average Bonchev–Trinajstić information content (AvgIpc) is 2.23. The molecule has 2 nitrogen and oxygen atoms in total. The molecule has 4 N–H and O–H groups in total. The summed E-state index contributed by atoms with van der Waals surface area (Å²) in [5, 5.41) is 0. The van der Waals surface area contributed by atoms with Crippen molar-refractivity contribution in [3.05, 3.63) is 34.6 Å². The predicted molar refractivity (Wildman–Crippen MR) is 42.2 cm³/mol. The van der Waals surface area contributed by atoms with Gasteiger partial charge in [-0.1, -0.05) is 0 Å². The van der Waals surface area contributed by atoms with Crippen molar-refractivity contribution in [3.8, 4) is 0 Å². The van der Waals surface area contributed by atoms with Crippen molar-refractivity contribution in [1.29, 1.82) is 0 Å². The Balaban J connectivity index is 3.52. The molecule has 1 rings (SSSR count). The third-order valence-electron chi connectivity index (χ3n) is 1.87. The first-order valence-corrected chi connectivity index (χ1v) is 3.88. The van der Waals surface area contributed by atoms with Crippen molar-refractivity contribution in [2.45, 2.75) is 6.04 Å². The van der Waals surface area contributed by atoms with Crippen LogP contribution in [-0.4, -0.2) is 6.54 Å². The Labute approximate surface area is 81.7 Å². The fourth-order valence-corrected chi connectivity index (χ4v) is 1.07. The molecular weight excluding hydrogens is 219 g/mol. The van der Waals surface area contributed by atoms with Gasteiger partial charge in [0, 0.05) is 18.2 Å². The number of hydrogen-bond donors (Lipinski definition) is 2. The molecule has 7 heteroatoms. The van der Waals surface area contributed by atoms with Crippen molar-refractivity contribution >= 4 is 0 Å². The monoisotopic (exact) mass is 226 g/mol. The molecule has 1 aromatic carbocycles. The second-order valence-electron chi connectivity index (χ2n) is 2.83. The van der Waals surface area contributed by atoms with Crippen LogP contribution in [0.5, 0.6) is 0 Å². The number of rotatable bonds is 2. The van der Waals surface area contributed by atoms with Gasteiger partial charge in [0.25, 0.3) is 0 Å². The van der Waals surface area contributed by atoms with E-state index >= 15 is 0 Å². The summed E-state index contributed by atoms with van der Waals surface area (Å²) in [6.45, 7) is -0.432. The van der Waals surface area contributed by atoms with E-state index < -0.39 is 47.2 Å². The Kier molecular flexibility index (Phi) is 3.25. The Morgan fingerprint density at radius 3 is 1.47 bits per heavy atom. The summed E-state index contributed by atoms with van der Waals surface area (Å²) in [6.07, 6.45) is 0. The second-order valence-corrected chi connectivity index (χ2v) is 2.83. The van der Waals surface area contributed by atoms with Crippen LogP contribution < -0.4 is 11.5 Å². The van der Waals surface area contributed by atoms with E-state index in [0.29, 0.717) is 0 Å². The van der Waals surface area contributed by atoms with Gasteiger partial charge >= 0.3 is 0 Å². The molecule has 0 saturated heterocycles. The first-order chi connectivity index (χ1) is 6.91. The summed E-state index contributed by atoms with van der Waals surface area (Å²) >= 11 is 0. The number of benzene rings is 1. The normalized spacial score (nSPS) is 13.0. The van der Waals surface area contributed by atoms with Gasteiger partial charge in [0.2, 0.25) is 5.82 Å². The summed E-state index contributed by atoms with van der Waals surface area (Å²) in [6, 6.07) is -1.44. The molecule has 0 unspecified atom stereocenters. The van der Waals surface area contributed by atoms with E-state index in [2.05, 4.69) is 0 Å². The molecule has 0 saturated carbocycles. The molecule has 0 heterocycles. The van der Waals surface area contributed by atoms with E-state index in [1.807, 2.05) is 0 Å². The van der Waals surface area contributed by atoms with Crippen LogP contribution in [0.15, 0.2) is 0 Å². The fourth-order valence-electron chi connectivity index (χ4n) is 1.07. The minimum absolute atomic E-state index is 0.432. The zero-order valence-corrected chi connectivity index (χ0v) is 7.33. The Bertz CT molecular complexity index is 364. The highest BCUT2D eigenvalue weighted by atomic mass is 19.2. The van der Waals surface area contributed by atoms with E-state index in [1.165, 1.54) is 0 Å². The summed E-state index contributed by atoms with van der Waals surface area (Å²) in [5.41, 5.74) is 9.02. The molecule has 0 spiro atoms. The van der Waals surface area contributed by atoms with Gasteiger partial charge in [0.15, 0.2) is 23.3 Å². The van der Waals surface area contributed by atoms with Gasteiger partial charge < -0.3 is 11.5 Å². The van der Waals surface area contributed by atoms with E-state index in [9.17, 15) is 22.0 Å². The molecule has 0 aromatic heterocycles. The highest BCUT2D eigenvalue weighted by Crippen LogP contribution is 2.26. The smallest absolute Gasteiger partial charge is 0.200 e. The van der Waals surface area contributed by atoms with E-state index in [-0.39, 0.29) is 0 Å². The van der Waals surface area contributed by atoms with Crippen molar-refractivity contribution in [3.63, 3.8) is 0 Å². The molecule has 0 amide bonds. The lowest BCUT2D eigenvalue weighted by Crippen LogP contribution is -2.25.